The summed E-state index contributed by atoms with van der Waals surface area (Å²) in [6, 6.07) is -0.673. The summed E-state index contributed by atoms with van der Waals surface area (Å²) in [5, 5.41) is 20.8. The van der Waals surface area contributed by atoms with Crippen molar-refractivity contribution < 1.29 is 23.1 Å². The van der Waals surface area contributed by atoms with Gasteiger partial charge in [0, 0.05) is 18.1 Å². The molecule has 1 aromatic rings. The molecule has 3 rings (SSSR count). The second-order valence-electron chi connectivity index (χ2n) is 5.83. The van der Waals surface area contributed by atoms with E-state index in [1.54, 1.807) is 0 Å². The second kappa shape index (κ2) is 7.75. The smallest absolute Gasteiger partial charge is 0.352 e. The first kappa shape index (κ1) is 20.1. The van der Waals surface area contributed by atoms with Crippen LogP contribution in [-0.2, 0) is 26.2 Å². The standard InChI is InChI=1S/C12H17N7O5S3/c1-27(23,24)14-2-3-18-12(15-16-17-18)26-5-6-4-25-10-7(13)9(20)19(10)8(6)11(21)22/h7,10,14H,2-5,13H2,1H3,(H,21,22)/t7-,10-/m1/s1. The number of thioether (sulfide) groups is 2. The van der Waals surface area contributed by atoms with Crippen molar-refractivity contribution in [2.45, 2.75) is 23.1 Å². The summed E-state index contributed by atoms with van der Waals surface area (Å²) in [7, 11) is -3.31. The Hall–Kier alpha value is -1.68. The highest BCUT2D eigenvalue weighted by Gasteiger charge is 2.51. The van der Waals surface area contributed by atoms with Gasteiger partial charge in [0.1, 0.15) is 17.1 Å². The Balaban J connectivity index is 1.68. The number of fused-ring (bicyclic) bond motifs is 1. The number of rotatable bonds is 8. The van der Waals surface area contributed by atoms with Crippen molar-refractivity contribution in [1.82, 2.24) is 29.8 Å². The Bertz CT molecular complexity index is 899. The summed E-state index contributed by atoms with van der Waals surface area (Å²) in [5.74, 6) is -0.856. The summed E-state index contributed by atoms with van der Waals surface area (Å²) in [6.07, 6.45) is 1.05. The van der Waals surface area contributed by atoms with Crippen LogP contribution in [-0.4, -0.2) is 86.2 Å². The van der Waals surface area contributed by atoms with Crippen molar-refractivity contribution in [2.75, 3.05) is 24.3 Å². The van der Waals surface area contributed by atoms with E-state index in [9.17, 15) is 23.1 Å². The van der Waals surface area contributed by atoms with Crippen molar-refractivity contribution in [1.29, 1.82) is 0 Å². The molecule has 3 heterocycles. The molecule has 27 heavy (non-hydrogen) atoms. The predicted molar refractivity (Wildman–Crippen MR) is 97.1 cm³/mol. The van der Waals surface area contributed by atoms with Gasteiger partial charge in [-0.05, 0) is 16.0 Å². The highest BCUT2D eigenvalue weighted by Crippen LogP contribution is 2.40. The van der Waals surface area contributed by atoms with Crippen molar-refractivity contribution in [3.05, 3.63) is 11.3 Å². The Morgan fingerprint density at radius 3 is 2.93 bits per heavy atom. The van der Waals surface area contributed by atoms with Crippen molar-refractivity contribution in [3.8, 4) is 0 Å². The first-order valence-electron chi connectivity index (χ1n) is 7.68. The van der Waals surface area contributed by atoms with Gasteiger partial charge in [-0.25, -0.2) is 22.6 Å². The number of β-lactam (4-membered cyclic amide) rings is 1. The van der Waals surface area contributed by atoms with Gasteiger partial charge in [0.05, 0.1) is 12.8 Å². The van der Waals surface area contributed by atoms with Crippen LogP contribution in [0.2, 0.25) is 0 Å². The number of tetrazole rings is 1. The topological polar surface area (TPSA) is 173 Å². The minimum Gasteiger partial charge on any atom is -0.477 e. The van der Waals surface area contributed by atoms with Crippen LogP contribution >= 0.6 is 23.5 Å². The summed E-state index contributed by atoms with van der Waals surface area (Å²) in [4.78, 5) is 24.8. The lowest BCUT2D eigenvalue weighted by atomic mass is 10.0. The van der Waals surface area contributed by atoms with Crippen LogP contribution in [0.25, 0.3) is 0 Å². The molecule has 0 aromatic carbocycles. The van der Waals surface area contributed by atoms with Gasteiger partial charge in [0.25, 0.3) is 0 Å². The monoisotopic (exact) mass is 435 g/mol. The number of carbonyl (C=O) groups excluding carboxylic acids is 1. The third kappa shape index (κ3) is 4.26. The first-order valence-corrected chi connectivity index (χ1v) is 11.6. The Morgan fingerprint density at radius 2 is 2.26 bits per heavy atom. The molecule has 1 fully saturated rings. The minimum atomic E-state index is -3.31. The van der Waals surface area contributed by atoms with Crippen molar-refractivity contribution in [2.24, 2.45) is 5.73 Å². The molecule has 1 amide bonds. The zero-order valence-electron chi connectivity index (χ0n) is 14.1. The van der Waals surface area contributed by atoms with E-state index in [0.717, 1.165) is 6.26 Å². The van der Waals surface area contributed by atoms with E-state index in [-0.39, 0.29) is 29.9 Å². The number of nitrogens with one attached hydrogen (secondary N) is 1. The second-order valence-corrected chi connectivity index (χ2v) is 9.71. The molecular formula is C12H17N7O5S3. The summed E-state index contributed by atoms with van der Waals surface area (Å²) in [6.45, 7) is 0.349. The fraction of sp³-hybridized carbons (Fsp3) is 0.583. The number of nitrogens with two attached hydrogens (primary N) is 1. The molecule has 0 bridgehead atoms. The van der Waals surface area contributed by atoms with E-state index < -0.39 is 27.9 Å². The summed E-state index contributed by atoms with van der Waals surface area (Å²) >= 11 is 2.64. The van der Waals surface area contributed by atoms with Crippen LogP contribution in [0, 0.1) is 0 Å². The SMILES string of the molecule is CS(=O)(=O)NCCn1nnnc1SCC1=C(C(=O)O)N2C(=O)[C@@H](N)[C@H]2SC1. The number of carbonyl (C=O) groups is 2. The van der Waals surface area contributed by atoms with Gasteiger partial charge in [-0.3, -0.25) is 9.69 Å². The number of aromatic nitrogens is 4. The first-order chi connectivity index (χ1) is 12.7. The van der Waals surface area contributed by atoms with E-state index >= 15 is 0 Å². The van der Waals surface area contributed by atoms with E-state index in [0.29, 0.717) is 16.5 Å². The quantitative estimate of drug-likeness (QED) is 0.301. The Kier molecular flexibility index (Phi) is 5.76. The number of aliphatic carboxylic acids is 1. The van der Waals surface area contributed by atoms with Gasteiger partial charge < -0.3 is 10.8 Å². The highest BCUT2D eigenvalue weighted by atomic mass is 32.2. The van der Waals surface area contributed by atoms with Gasteiger partial charge >= 0.3 is 5.97 Å². The van der Waals surface area contributed by atoms with Gasteiger partial charge in [-0.15, -0.1) is 16.9 Å². The fourth-order valence-corrected chi connectivity index (χ4v) is 5.42. The lowest BCUT2D eigenvalue weighted by molar-refractivity contribution is -0.147. The molecule has 2 atom stereocenters. The highest BCUT2D eigenvalue weighted by molar-refractivity contribution is 8.01. The molecule has 2 aliphatic rings. The van der Waals surface area contributed by atoms with E-state index in [4.69, 9.17) is 5.73 Å². The predicted octanol–water partition coefficient (Wildman–Crippen LogP) is -2.10. The number of carboxylic acid groups (broad SMARTS) is 1. The normalized spacial score (nSPS) is 22.6. The number of carboxylic acids is 1. The number of hydrogen-bond donors (Lipinski definition) is 3. The largest absolute Gasteiger partial charge is 0.477 e. The van der Waals surface area contributed by atoms with Gasteiger partial charge in [0.2, 0.25) is 21.1 Å². The number of amides is 1. The van der Waals surface area contributed by atoms with Crippen molar-refractivity contribution >= 4 is 45.4 Å². The fourth-order valence-electron chi connectivity index (χ4n) is 2.62. The molecule has 15 heteroatoms. The van der Waals surface area contributed by atoms with Crippen LogP contribution < -0.4 is 10.5 Å². The molecule has 0 radical (unpaired) electrons. The maximum atomic E-state index is 11.9. The molecule has 148 valence electrons. The lowest BCUT2D eigenvalue weighted by Crippen LogP contribution is -2.68. The van der Waals surface area contributed by atoms with Crippen LogP contribution in [0.1, 0.15) is 0 Å². The Morgan fingerprint density at radius 1 is 1.52 bits per heavy atom. The molecule has 1 aromatic heterocycles. The van der Waals surface area contributed by atoms with Crippen LogP contribution in [0.5, 0.6) is 0 Å². The zero-order valence-corrected chi connectivity index (χ0v) is 16.6. The minimum absolute atomic E-state index is 0.0317. The molecule has 0 spiro atoms. The molecule has 2 aliphatic heterocycles. The maximum Gasteiger partial charge on any atom is 0.352 e. The zero-order chi connectivity index (χ0) is 19.8. The average Bonchev–Trinajstić information content (AvgIpc) is 3.04. The molecule has 0 aliphatic carbocycles. The van der Waals surface area contributed by atoms with Crippen LogP contribution in [0.3, 0.4) is 0 Å². The molecule has 0 saturated carbocycles. The summed E-state index contributed by atoms with van der Waals surface area (Å²) < 4.78 is 26.0. The van der Waals surface area contributed by atoms with E-state index in [2.05, 4.69) is 20.2 Å². The third-order valence-electron chi connectivity index (χ3n) is 3.85. The van der Waals surface area contributed by atoms with Gasteiger partial charge in [-0.2, -0.15) is 0 Å². The van der Waals surface area contributed by atoms with E-state index in [1.807, 2.05) is 0 Å². The van der Waals surface area contributed by atoms with Crippen LogP contribution in [0.4, 0.5) is 0 Å². The molecular weight excluding hydrogens is 418 g/mol. The van der Waals surface area contributed by atoms with E-state index in [1.165, 1.54) is 33.1 Å². The average molecular weight is 436 g/mol. The summed E-state index contributed by atoms with van der Waals surface area (Å²) in [5.41, 5.74) is 6.27. The van der Waals surface area contributed by atoms with Gasteiger partial charge in [0.15, 0.2) is 0 Å². The number of nitrogens with zero attached hydrogens (tertiary/aromatic N) is 5. The van der Waals surface area contributed by atoms with Gasteiger partial charge in [-0.1, -0.05) is 11.8 Å². The molecule has 1 saturated heterocycles. The van der Waals surface area contributed by atoms with Crippen molar-refractivity contribution in [3.63, 3.8) is 0 Å². The maximum absolute atomic E-state index is 11.9. The third-order valence-corrected chi connectivity index (χ3v) is 6.99. The van der Waals surface area contributed by atoms with Crippen LogP contribution in [0.15, 0.2) is 16.4 Å². The molecule has 12 nitrogen and oxygen atoms in total. The lowest BCUT2D eigenvalue weighted by Gasteiger charge is -2.48. The molecule has 4 N–H and O–H groups in total. The Labute approximate surface area is 163 Å². The number of sulfonamides is 1. The molecule has 0 unspecified atom stereocenters. The number of hydrogen-bond acceptors (Lipinski definition) is 10.